The van der Waals surface area contributed by atoms with Crippen LogP contribution in [0.5, 0.6) is 5.75 Å². The van der Waals surface area contributed by atoms with Crippen molar-refractivity contribution in [1.29, 1.82) is 0 Å². The maximum atomic E-state index is 13.5. The molecule has 0 spiro atoms. The number of carbonyl (C=O) groups excluding carboxylic acids is 1. The summed E-state index contributed by atoms with van der Waals surface area (Å²) >= 11 is 0. The number of ether oxygens (including phenoxy) is 1. The molecule has 0 aromatic heterocycles. The molecule has 0 saturated heterocycles. The number of aliphatic hydroxyl groups is 1. The highest BCUT2D eigenvalue weighted by Gasteiger charge is 2.10. The number of carbonyl (C=O) groups is 1. The molecule has 0 aliphatic rings. The first kappa shape index (κ1) is 13.4. The highest BCUT2D eigenvalue weighted by Crippen LogP contribution is 2.19. The molecule has 1 aromatic rings. The molecule has 0 fully saturated rings. The number of halogens is 1. The Hall–Kier alpha value is -1.62. The third kappa shape index (κ3) is 4.03. The van der Waals surface area contributed by atoms with Gasteiger partial charge in [-0.2, -0.15) is 0 Å². The number of hydrogen-bond acceptors (Lipinski definition) is 3. The highest BCUT2D eigenvalue weighted by atomic mass is 19.1. The summed E-state index contributed by atoms with van der Waals surface area (Å²) < 4.78 is 18.8. The quantitative estimate of drug-likeness (QED) is 0.817. The zero-order valence-electron chi connectivity index (χ0n) is 9.87. The summed E-state index contributed by atoms with van der Waals surface area (Å²) in [5, 5.41) is 11.0. The van der Waals surface area contributed by atoms with Gasteiger partial charge in [0.15, 0.2) is 11.6 Å². The fraction of sp³-hybridized carbons (Fsp3) is 0.417. The maximum Gasteiger partial charge on any atom is 0.251 e. The molecule has 1 rings (SSSR count). The molecule has 0 heterocycles. The summed E-state index contributed by atoms with van der Waals surface area (Å²) in [6, 6.07) is 4.01. The zero-order chi connectivity index (χ0) is 12.8. The Morgan fingerprint density at radius 1 is 1.53 bits per heavy atom. The molecular weight excluding hydrogens is 225 g/mol. The number of amides is 1. The van der Waals surface area contributed by atoms with E-state index in [4.69, 9.17) is 9.84 Å². The number of hydrogen-bond donors (Lipinski definition) is 2. The lowest BCUT2D eigenvalue weighted by Crippen LogP contribution is -2.26. The van der Waals surface area contributed by atoms with Crippen LogP contribution in [0.2, 0.25) is 0 Å². The molecule has 0 aliphatic carbocycles. The van der Waals surface area contributed by atoms with Gasteiger partial charge in [0.25, 0.3) is 5.91 Å². The molecule has 0 saturated carbocycles. The second kappa shape index (κ2) is 6.20. The molecule has 1 amide bonds. The van der Waals surface area contributed by atoms with Gasteiger partial charge in [0, 0.05) is 12.1 Å². The van der Waals surface area contributed by atoms with Crippen LogP contribution in [0.1, 0.15) is 24.2 Å². The standard InChI is InChI=1S/C12H16FNO3/c1-8(2)17-11-4-3-9(7-10(11)13)12(16)14-5-6-15/h3-4,7-8,15H,5-6H2,1-2H3,(H,14,16). The molecule has 94 valence electrons. The topological polar surface area (TPSA) is 58.6 Å². The number of nitrogens with one attached hydrogen (secondary N) is 1. The van der Waals surface area contributed by atoms with Crippen molar-refractivity contribution in [3.63, 3.8) is 0 Å². The van der Waals surface area contributed by atoms with E-state index in [2.05, 4.69) is 5.32 Å². The van der Waals surface area contributed by atoms with E-state index in [1.807, 2.05) is 0 Å². The molecule has 5 heteroatoms. The van der Waals surface area contributed by atoms with E-state index in [-0.39, 0.29) is 30.6 Å². The molecule has 17 heavy (non-hydrogen) atoms. The van der Waals surface area contributed by atoms with Crippen molar-refractivity contribution >= 4 is 5.91 Å². The minimum absolute atomic E-state index is 0.124. The van der Waals surface area contributed by atoms with Gasteiger partial charge in [-0.1, -0.05) is 0 Å². The van der Waals surface area contributed by atoms with Crippen LogP contribution in [0.4, 0.5) is 4.39 Å². The van der Waals surface area contributed by atoms with Crippen molar-refractivity contribution in [3.8, 4) is 5.75 Å². The summed E-state index contributed by atoms with van der Waals surface area (Å²) in [5.74, 6) is -0.872. The Balaban J connectivity index is 2.77. The first-order valence-corrected chi connectivity index (χ1v) is 5.40. The Morgan fingerprint density at radius 3 is 2.76 bits per heavy atom. The Kier molecular flexibility index (Phi) is 4.90. The average Bonchev–Trinajstić information content (AvgIpc) is 2.28. The van der Waals surface area contributed by atoms with Crippen LogP contribution < -0.4 is 10.1 Å². The Morgan fingerprint density at radius 2 is 2.24 bits per heavy atom. The largest absolute Gasteiger partial charge is 0.488 e. The molecule has 0 unspecified atom stereocenters. The van der Waals surface area contributed by atoms with Gasteiger partial charge in [-0.25, -0.2) is 4.39 Å². The molecule has 4 nitrogen and oxygen atoms in total. The van der Waals surface area contributed by atoms with Crippen LogP contribution in [-0.4, -0.2) is 30.3 Å². The molecule has 0 radical (unpaired) electrons. The van der Waals surface area contributed by atoms with Gasteiger partial charge in [0.05, 0.1) is 12.7 Å². The first-order valence-electron chi connectivity index (χ1n) is 5.40. The normalized spacial score (nSPS) is 10.4. The molecular formula is C12H16FNO3. The van der Waals surface area contributed by atoms with E-state index in [9.17, 15) is 9.18 Å². The minimum atomic E-state index is -0.574. The van der Waals surface area contributed by atoms with Gasteiger partial charge >= 0.3 is 0 Å². The van der Waals surface area contributed by atoms with Crippen molar-refractivity contribution in [3.05, 3.63) is 29.6 Å². The minimum Gasteiger partial charge on any atom is -0.488 e. The van der Waals surface area contributed by atoms with Crippen LogP contribution >= 0.6 is 0 Å². The Labute approximate surface area is 99.4 Å². The van der Waals surface area contributed by atoms with Gasteiger partial charge in [-0.3, -0.25) is 4.79 Å². The van der Waals surface area contributed by atoms with Gasteiger partial charge in [0.1, 0.15) is 0 Å². The van der Waals surface area contributed by atoms with Gasteiger partial charge in [-0.05, 0) is 32.0 Å². The van der Waals surface area contributed by atoms with E-state index in [1.165, 1.54) is 12.1 Å². The van der Waals surface area contributed by atoms with E-state index < -0.39 is 11.7 Å². The molecule has 0 atom stereocenters. The van der Waals surface area contributed by atoms with Crippen molar-refractivity contribution in [1.82, 2.24) is 5.32 Å². The lowest BCUT2D eigenvalue weighted by atomic mass is 10.2. The number of aliphatic hydroxyl groups excluding tert-OH is 1. The predicted octanol–water partition coefficient (Wildman–Crippen LogP) is 1.33. The third-order valence-electron chi connectivity index (χ3n) is 1.95. The molecule has 1 aromatic carbocycles. The van der Waals surface area contributed by atoms with Crippen LogP contribution in [-0.2, 0) is 0 Å². The first-order chi connectivity index (χ1) is 8.04. The summed E-state index contributed by atoms with van der Waals surface area (Å²) in [5.41, 5.74) is 0.201. The van der Waals surface area contributed by atoms with Crippen LogP contribution in [0.15, 0.2) is 18.2 Å². The number of rotatable bonds is 5. The van der Waals surface area contributed by atoms with E-state index >= 15 is 0 Å². The van der Waals surface area contributed by atoms with Crippen molar-refractivity contribution in [2.24, 2.45) is 0 Å². The summed E-state index contributed by atoms with van der Waals surface area (Å²) in [7, 11) is 0. The third-order valence-corrected chi connectivity index (χ3v) is 1.95. The summed E-state index contributed by atoms with van der Waals surface area (Å²) in [6.45, 7) is 3.58. The smallest absolute Gasteiger partial charge is 0.251 e. The van der Waals surface area contributed by atoms with Gasteiger partial charge in [-0.15, -0.1) is 0 Å². The monoisotopic (exact) mass is 241 g/mol. The fourth-order valence-corrected chi connectivity index (χ4v) is 1.26. The van der Waals surface area contributed by atoms with E-state index in [0.717, 1.165) is 6.07 Å². The Bertz CT molecular complexity index is 393. The van der Waals surface area contributed by atoms with E-state index in [0.29, 0.717) is 0 Å². The van der Waals surface area contributed by atoms with Crippen LogP contribution in [0.25, 0.3) is 0 Å². The lowest BCUT2D eigenvalue weighted by molar-refractivity contribution is 0.0944. The highest BCUT2D eigenvalue weighted by molar-refractivity contribution is 5.94. The van der Waals surface area contributed by atoms with Crippen LogP contribution in [0.3, 0.4) is 0 Å². The predicted molar refractivity (Wildman–Crippen MR) is 61.6 cm³/mol. The molecule has 0 bridgehead atoms. The second-order valence-electron chi connectivity index (χ2n) is 3.79. The van der Waals surface area contributed by atoms with Crippen molar-refractivity contribution in [2.75, 3.05) is 13.2 Å². The summed E-state index contributed by atoms with van der Waals surface area (Å²) in [6.07, 6.45) is -0.126. The molecule has 2 N–H and O–H groups in total. The van der Waals surface area contributed by atoms with Gasteiger partial charge in [0.2, 0.25) is 0 Å². The number of benzene rings is 1. The SMILES string of the molecule is CC(C)Oc1ccc(C(=O)NCCO)cc1F. The van der Waals surface area contributed by atoms with Crippen LogP contribution in [0, 0.1) is 5.82 Å². The second-order valence-corrected chi connectivity index (χ2v) is 3.79. The average molecular weight is 241 g/mol. The van der Waals surface area contributed by atoms with E-state index in [1.54, 1.807) is 13.8 Å². The van der Waals surface area contributed by atoms with Gasteiger partial charge < -0.3 is 15.2 Å². The van der Waals surface area contributed by atoms with Crippen molar-refractivity contribution in [2.45, 2.75) is 20.0 Å². The summed E-state index contributed by atoms with van der Waals surface area (Å²) in [4.78, 5) is 11.5. The lowest BCUT2D eigenvalue weighted by Gasteiger charge is -2.11. The zero-order valence-corrected chi connectivity index (χ0v) is 9.87. The van der Waals surface area contributed by atoms with Crippen molar-refractivity contribution < 1.29 is 19.0 Å². The maximum absolute atomic E-state index is 13.5. The fourth-order valence-electron chi connectivity index (χ4n) is 1.26. The molecule has 0 aliphatic heterocycles.